The molecule has 0 unspecified atom stereocenters. The molecule has 0 atom stereocenters. The molecule has 1 aliphatic heterocycles. The molecule has 0 fully saturated rings. The zero-order valence-corrected chi connectivity index (χ0v) is 16.2. The summed E-state index contributed by atoms with van der Waals surface area (Å²) < 4.78 is 6.55. The third kappa shape index (κ3) is 3.24. The average Bonchev–Trinajstić information content (AvgIpc) is 2.98. The van der Waals surface area contributed by atoms with E-state index in [2.05, 4.69) is 10.1 Å². The number of benzene rings is 1. The molecule has 3 aromatic rings. The highest BCUT2D eigenvalue weighted by atomic mass is 16.5. The largest absolute Gasteiger partial charge is 0.464 e. The van der Waals surface area contributed by atoms with E-state index in [9.17, 15) is 9.59 Å². The summed E-state index contributed by atoms with van der Waals surface area (Å²) >= 11 is 0. The Balaban J connectivity index is 1.70. The van der Waals surface area contributed by atoms with Gasteiger partial charge in [-0.05, 0) is 44.5 Å². The number of pyridine rings is 1. The van der Waals surface area contributed by atoms with Crippen molar-refractivity contribution < 1.29 is 14.3 Å². The first kappa shape index (κ1) is 18.2. The quantitative estimate of drug-likeness (QED) is 0.641. The van der Waals surface area contributed by atoms with Gasteiger partial charge in [-0.3, -0.25) is 14.5 Å². The van der Waals surface area contributed by atoms with Crippen LogP contribution in [0.3, 0.4) is 0 Å². The van der Waals surface area contributed by atoms with E-state index in [1.54, 1.807) is 10.7 Å². The molecule has 1 aliphatic rings. The molecule has 1 amide bonds. The lowest BCUT2D eigenvalue weighted by Crippen LogP contribution is -2.31. The predicted molar refractivity (Wildman–Crippen MR) is 104 cm³/mol. The Bertz CT molecular complexity index is 1090. The fourth-order valence-corrected chi connectivity index (χ4v) is 3.66. The fourth-order valence-electron chi connectivity index (χ4n) is 3.66. The second-order valence-electron chi connectivity index (χ2n) is 7.15. The molecule has 1 aromatic carbocycles. The van der Waals surface area contributed by atoms with E-state index in [-0.39, 0.29) is 11.6 Å². The van der Waals surface area contributed by atoms with E-state index in [4.69, 9.17) is 4.74 Å². The third-order valence-electron chi connectivity index (χ3n) is 5.02. The number of aromatic nitrogens is 3. The van der Waals surface area contributed by atoms with Gasteiger partial charge in [0.25, 0.3) is 5.91 Å². The molecule has 2 aromatic heterocycles. The monoisotopic (exact) mass is 378 g/mol. The van der Waals surface area contributed by atoms with Gasteiger partial charge >= 0.3 is 5.97 Å². The van der Waals surface area contributed by atoms with Crippen molar-refractivity contribution in [3.8, 4) is 0 Å². The van der Waals surface area contributed by atoms with E-state index in [1.807, 2.05) is 43.0 Å². The maximum absolute atomic E-state index is 13.4. The molecule has 0 bridgehead atoms. The second-order valence-corrected chi connectivity index (χ2v) is 7.15. The summed E-state index contributed by atoms with van der Waals surface area (Å²) in [5, 5.41) is 5.18. The highest BCUT2D eigenvalue weighted by molar-refractivity contribution is 6.06. The first-order valence-corrected chi connectivity index (χ1v) is 9.28. The number of rotatable bonds is 2. The van der Waals surface area contributed by atoms with E-state index in [0.29, 0.717) is 25.2 Å². The summed E-state index contributed by atoms with van der Waals surface area (Å²) in [6.07, 6.45) is 0.766. The minimum absolute atomic E-state index is 0.0321. The minimum Gasteiger partial charge on any atom is -0.464 e. The van der Waals surface area contributed by atoms with E-state index in [1.165, 1.54) is 7.11 Å². The average molecular weight is 378 g/mol. The Labute approximate surface area is 162 Å². The lowest BCUT2D eigenvalue weighted by Gasteiger charge is -2.21. The summed E-state index contributed by atoms with van der Waals surface area (Å²) in [5.41, 5.74) is 4.48. The number of esters is 1. The fraction of sp³-hybridized carbons (Fsp3) is 0.333. The molecule has 0 radical (unpaired) electrons. The van der Waals surface area contributed by atoms with Crippen molar-refractivity contribution in [2.45, 2.75) is 33.4 Å². The number of hydrogen-bond acceptors (Lipinski definition) is 5. The lowest BCUT2D eigenvalue weighted by molar-refractivity contribution is 0.0593. The molecule has 144 valence electrons. The first-order chi connectivity index (χ1) is 13.5. The van der Waals surface area contributed by atoms with Gasteiger partial charge in [0.05, 0.1) is 30.4 Å². The van der Waals surface area contributed by atoms with E-state index < -0.39 is 5.97 Å². The van der Waals surface area contributed by atoms with Gasteiger partial charge in [-0.2, -0.15) is 5.10 Å². The molecule has 0 aliphatic carbocycles. The molecule has 7 nitrogen and oxygen atoms in total. The van der Waals surface area contributed by atoms with Crippen molar-refractivity contribution in [1.29, 1.82) is 0 Å². The van der Waals surface area contributed by atoms with Crippen LogP contribution in [0, 0.1) is 13.8 Å². The van der Waals surface area contributed by atoms with Gasteiger partial charge in [0, 0.05) is 24.2 Å². The number of carbonyl (C=O) groups excluding carboxylic acids is 2. The molecular weight excluding hydrogens is 356 g/mol. The smallest absolute Gasteiger partial charge is 0.358 e. The molecule has 0 saturated heterocycles. The van der Waals surface area contributed by atoms with Gasteiger partial charge in [0.15, 0.2) is 5.69 Å². The van der Waals surface area contributed by atoms with Crippen molar-refractivity contribution in [3.63, 3.8) is 0 Å². The standard InChI is InChI=1S/C21H22N4O3/c1-13-5-6-18-16(9-13)17(10-14(2)22-18)20(26)24-7-4-8-25-15(12-24)11-19(23-25)21(27)28-3/h5-6,9-11H,4,7-8,12H2,1-3H3. The second kappa shape index (κ2) is 7.07. The lowest BCUT2D eigenvalue weighted by atomic mass is 10.0. The summed E-state index contributed by atoms with van der Waals surface area (Å²) in [6, 6.07) is 9.52. The molecule has 28 heavy (non-hydrogen) atoms. The van der Waals surface area contributed by atoms with Crippen molar-refractivity contribution in [2.24, 2.45) is 0 Å². The third-order valence-corrected chi connectivity index (χ3v) is 5.02. The van der Waals surface area contributed by atoms with Crippen LogP contribution in [0.2, 0.25) is 0 Å². The highest BCUT2D eigenvalue weighted by Crippen LogP contribution is 2.23. The molecule has 7 heteroatoms. The molecule has 0 saturated carbocycles. The van der Waals surface area contributed by atoms with Crippen LogP contribution in [0.25, 0.3) is 10.9 Å². The summed E-state index contributed by atoms with van der Waals surface area (Å²) in [5.74, 6) is -0.500. The van der Waals surface area contributed by atoms with Gasteiger partial charge in [0.1, 0.15) is 0 Å². The van der Waals surface area contributed by atoms with Gasteiger partial charge in [0.2, 0.25) is 0 Å². The van der Waals surface area contributed by atoms with Gasteiger partial charge in [-0.25, -0.2) is 4.79 Å². The van der Waals surface area contributed by atoms with Crippen LogP contribution in [0.5, 0.6) is 0 Å². The van der Waals surface area contributed by atoms with Crippen LogP contribution in [-0.2, 0) is 17.8 Å². The zero-order chi connectivity index (χ0) is 19.8. The zero-order valence-electron chi connectivity index (χ0n) is 16.2. The van der Waals surface area contributed by atoms with E-state index >= 15 is 0 Å². The number of fused-ring (bicyclic) bond motifs is 2. The minimum atomic E-state index is -0.468. The maximum atomic E-state index is 13.4. The Kier molecular flexibility index (Phi) is 4.58. The highest BCUT2D eigenvalue weighted by Gasteiger charge is 2.25. The molecular formula is C21H22N4O3. The number of ether oxygens (including phenoxy) is 1. The SMILES string of the molecule is COC(=O)c1cc2n(n1)CCCN(C(=O)c1cc(C)nc3ccc(C)cc13)C2. The number of carbonyl (C=O) groups is 2. The summed E-state index contributed by atoms with van der Waals surface area (Å²) in [7, 11) is 1.33. The number of hydrogen-bond donors (Lipinski definition) is 0. The van der Waals surface area contributed by atoms with Crippen LogP contribution < -0.4 is 0 Å². The number of aryl methyl sites for hydroxylation is 3. The number of amides is 1. The molecule has 0 spiro atoms. The molecule has 4 rings (SSSR count). The van der Waals surface area contributed by atoms with Gasteiger partial charge in [-0.1, -0.05) is 11.6 Å². The normalized spacial score (nSPS) is 13.9. The summed E-state index contributed by atoms with van der Waals surface area (Å²) in [6.45, 7) is 5.59. The molecule has 3 heterocycles. The Morgan fingerprint density at radius 1 is 1.11 bits per heavy atom. The van der Waals surface area contributed by atoms with Crippen molar-refractivity contribution in [1.82, 2.24) is 19.7 Å². The van der Waals surface area contributed by atoms with E-state index in [0.717, 1.165) is 34.3 Å². The van der Waals surface area contributed by atoms with Crippen molar-refractivity contribution >= 4 is 22.8 Å². The van der Waals surface area contributed by atoms with Crippen LogP contribution >= 0.6 is 0 Å². The van der Waals surface area contributed by atoms with Crippen LogP contribution in [0.15, 0.2) is 30.3 Å². The van der Waals surface area contributed by atoms with Gasteiger partial charge < -0.3 is 9.64 Å². The van der Waals surface area contributed by atoms with Crippen LogP contribution in [-0.4, -0.2) is 45.2 Å². The number of methoxy groups -OCH3 is 1. The maximum Gasteiger partial charge on any atom is 0.358 e. The Morgan fingerprint density at radius 3 is 2.71 bits per heavy atom. The number of nitrogens with zero attached hydrogens (tertiary/aromatic N) is 4. The summed E-state index contributed by atoms with van der Waals surface area (Å²) in [4.78, 5) is 31.6. The Hall–Kier alpha value is -3.22. The predicted octanol–water partition coefficient (Wildman–Crippen LogP) is 2.88. The topological polar surface area (TPSA) is 77.3 Å². The van der Waals surface area contributed by atoms with Crippen LogP contribution in [0.1, 0.15) is 44.2 Å². The Morgan fingerprint density at radius 2 is 1.93 bits per heavy atom. The first-order valence-electron chi connectivity index (χ1n) is 9.28. The van der Waals surface area contributed by atoms with Gasteiger partial charge in [-0.15, -0.1) is 0 Å². The van der Waals surface area contributed by atoms with Crippen molar-refractivity contribution in [3.05, 3.63) is 58.5 Å². The van der Waals surface area contributed by atoms with Crippen LogP contribution in [0.4, 0.5) is 0 Å². The van der Waals surface area contributed by atoms with Crippen molar-refractivity contribution in [2.75, 3.05) is 13.7 Å². The molecule has 0 N–H and O–H groups in total.